The first-order valence-corrected chi connectivity index (χ1v) is 7.91. The van der Waals surface area contributed by atoms with E-state index in [0.29, 0.717) is 6.42 Å². The van der Waals surface area contributed by atoms with Gasteiger partial charge in [0, 0.05) is 29.7 Å². The van der Waals surface area contributed by atoms with Gasteiger partial charge in [0.05, 0.1) is 0 Å². The van der Waals surface area contributed by atoms with Crippen LogP contribution in [0.3, 0.4) is 0 Å². The summed E-state index contributed by atoms with van der Waals surface area (Å²) in [6, 6.07) is 7.66. The van der Waals surface area contributed by atoms with Gasteiger partial charge in [-0.05, 0) is 37.3 Å². The summed E-state index contributed by atoms with van der Waals surface area (Å²) in [5, 5.41) is 0. The second kappa shape index (κ2) is 7.81. The van der Waals surface area contributed by atoms with Crippen molar-refractivity contribution < 1.29 is 9.53 Å². The summed E-state index contributed by atoms with van der Waals surface area (Å²) in [7, 11) is 0. The Bertz CT molecular complexity index is 411. The summed E-state index contributed by atoms with van der Waals surface area (Å²) in [4.78, 5) is 12.0. The van der Waals surface area contributed by atoms with Gasteiger partial charge in [-0.25, -0.2) is 0 Å². The smallest absolute Gasteiger partial charge is 0.162 e. The fourth-order valence-corrected chi connectivity index (χ4v) is 2.96. The second-order valence-electron chi connectivity index (χ2n) is 5.24. The number of Topliss-reactive ketones (excluding diaryl/α,β-unsaturated/α-hetero) is 1. The van der Waals surface area contributed by atoms with E-state index in [1.54, 1.807) is 0 Å². The minimum atomic E-state index is 0.258. The summed E-state index contributed by atoms with van der Waals surface area (Å²) < 4.78 is 6.33. The van der Waals surface area contributed by atoms with Crippen molar-refractivity contribution in [1.29, 1.82) is 0 Å². The van der Waals surface area contributed by atoms with E-state index in [1.807, 2.05) is 24.3 Å². The molecule has 1 aliphatic rings. The highest BCUT2D eigenvalue weighted by Crippen LogP contribution is 2.22. The largest absolute Gasteiger partial charge is 0.381 e. The topological polar surface area (TPSA) is 26.3 Å². The number of hydrogen-bond donors (Lipinski definition) is 0. The van der Waals surface area contributed by atoms with Crippen molar-refractivity contribution in [3.63, 3.8) is 0 Å². The van der Waals surface area contributed by atoms with Crippen LogP contribution in [0.5, 0.6) is 0 Å². The number of ether oxygens (including phenoxy) is 1. The Kier molecular flexibility index (Phi) is 6.05. The van der Waals surface area contributed by atoms with Crippen LogP contribution >= 0.6 is 15.9 Å². The standard InChI is InChI=1S/C16H21BrO2/c17-15-6-3-5-14(12-15)16(18)7-2-1-4-13-8-10-19-11-9-13/h3,5-6,12-13H,1-2,4,7-11H2. The molecular formula is C16H21BrO2. The first-order valence-electron chi connectivity index (χ1n) is 7.12. The van der Waals surface area contributed by atoms with E-state index >= 15 is 0 Å². The number of carbonyl (C=O) groups is 1. The summed E-state index contributed by atoms with van der Waals surface area (Å²) in [5.74, 6) is 1.07. The molecule has 0 N–H and O–H groups in total. The molecule has 0 spiro atoms. The molecule has 0 radical (unpaired) electrons. The number of hydrogen-bond acceptors (Lipinski definition) is 2. The molecule has 0 saturated carbocycles. The molecular weight excluding hydrogens is 304 g/mol. The first-order chi connectivity index (χ1) is 9.25. The zero-order chi connectivity index (χ0) is 13.5. The molecule has 1 fully saturated rings. The SMILES string of the molecule is O=C(CCCCC1CCOCC1)c1cccc(Br)c1. The van der Waals surface area contributed by atoms with Gasteiger partial charge >= 0.3 is 0 Å². The highest BCUT2D eigenvalue weighted by Gasteiger charge is 2.13. The van der Waals surface area contributed by atoms with Crippen molar-refractivity contribution in [2.75, 3.05) is 13.2 Å². The van der Waals surface area contributed by atoms with E-state index < -0.39 is 0 Å². The number of ketones is 1. The third kappa shape index (κ3) is 5.07. The quantitative estimate of drug-likeness (QED) is 0.563. The highest BCUT2D eigenvalue weighted by atomic mass is 79.9. The minimum absolute atomic E-state index is 0.258. The van der Waals surface area contributed by atoms with Gasteiger partial charge in [-0.1, -0.05) is 40.9 Å². The monoisotopic (exact) mass is 324 g/mol. The van der Waals surface area contributed by atoms with Crippen molar-refractivity contribution in [3.8, 4) is 0 Å². The summed E-state index contributed by atoms with van der Waals surface area (Å²) in [5.41, 5.74) is 0.820. The fraction of sp³-hybridized carbons (Fsp3) is 0.562. The number of carbonyl (C=O) groups excluding carboxylic acids is 1. The Morgan fingerprint density at radius 1 is 1.26 bits per heavy atom. The average molecular weight is 325 g/mol. The van der Waals surface area contributed by atoms with Gasteiger partial charge in [0.25, 0.3) is 0 Å². The second-order valence-corrected chi connectivity index (χ2v) is 6.15. The van der Waals surface area contributed by atoms with Crippen LogP contribution in [0, 0.1) is 5.92 Å². The van der Waals surface area contributed by atoms with Crippen LogP contribution in [0.2, 0.25) is 0 Å². The zero-order valence-corrected chi connectivity index (χ0v) is 12.8. The number of unbranched alkanes of at least 4 members (excludes halogenated alkanes) is 1. The van der Waals surface area contributed by atoms with Gasteiger partial charge in [-0.15, -0.1) is 0 Å². The van der Waals surface area contributed by atoms with Crippen LogP contribution in [-0.4, -0.2) is 19.0 Å². The van der Waals surface area contributed by atoms with E-state index in [-0.39, 0.29) is 5.78 Å². The first kappa shape index (κ1) is 14.7. The van der Waals surface area contributed by atoms with Crippen molar-refractivity contribution in [2.24, 2.45) is 5.92 Å². The molecule has 0 aliphatic carbocycles. The van der Waals surface area contributed by atoms with Crippen molar-refractivity contribution >= 4 is 21.7 Å². The molecule has 2 rings (SSSR count). The summed E-state index contributed by atoms with van der Waals surface area (Å²) in [6.07, 6.45) is 6.46. The van der Waals surface area contributed by atoms with E-state index in [0.717, 1.165) is 42.0 Å². The van der Waals surface area contributed by atoms with Gasteiger partial charge in [0.15, 0.2) is 5.78 Å². The number of rotatable bonds is 6. The van der Waals surface area contributed by atoms with Gasteiger partial charge in [0.2, 0.25) is 0 Å². The molecule has 3 heteroatoms. The van der Waals surface area contributed by atoms with E-state index in [9.17, 15) is 4.79 Å². The molecule has 104 valence electrons. The molecule has 0 bridgehead atoms. The Hall–Kier alpha value is -0.670. The molecule has 1 aromatic carbocycles. The minimum Gasteiger partial charge on any atom is -0.381 e. The predicted octanol–water partition coefficient (Wildman–Crippen LogP) is 4.62. The molecule has 2 nitrogen and oxygen atoms in total. The van der Waals surface area contributed by atoms with Crippen LogP contribution in [0.25, 0.3) is 0 Å². The predicted molar refractivity (Wildman–Crippen MR) is 80.5 cm³/mol. The maximum atomic E-state index is 12.0. The molecule has 1 aliphatic heterocycles. The Morgan fingerprint density at radius 3 is 2.79 bits per heavy atom. The van der Waals surface area contributed by atoms with Crippen LogP contribution in [0.4, 0.5) is 0 Å². The normalized spacial score (nSPS) is 16.5. The molecule has 0 aromatic heterocycles. The maximum absolute atomic E-state index is 12.0. The maximum Gasteiger partial charge on any atom is 0.162 e. The Labute approximate surface area is 123 Å². The molecule has 19 heavy (non-hydrogen) atoms. The molecule has 1 aromatic rings. The molecule has 0 atom stereocenters. The van der Waals surface area contributed by atoms with Crippen molar-refractivity contribution in [1.82, 2.24) is 0 Å². The zero-order valence-electron chi connectivity index (χ0n) is 11.2. The fourth-order valence-electron chi connectivity index (χ4n) is 2.56. The van der Waals surface area contributed by atoms with Crippen LogP contribution in [0.1, 0.15) is 48.9 Å². The number of benzene rings is 1. The Balaban J connectivity index is 1.66. The molecule has 1 heterocycles. The summed E-state index contributed by atoms with van der Waals surface area (Å²) in [6.45, 7) is 1.84. The molecule has 0 amide bonds. The van der Waals surface area contributed by atoms with Crippen molar-refractivity contribution in [3.05, 3.63) is 34.3 Å². The lowest BCUT2D eigenvalue weighted by Crippen LogP contribution is -2.15. The van der Waals surface area contributed by atoms with E-state index in [1.165, 1.54) is 19.3 Å². The van der Waals surface area contributed by atoms with Crippen LogP contribution in [-0.2, 0) is 4.74 Å². The van der Waals surface area contributed by atoms with E-state index in [2.05, 4.69) is 15.9 Å². The van der Waals surface area contributed by atoms with Crippen molar-refractivity contribution in [2.45, 2.75) is 38.5 Å². The van der Waals surface area contributed by atoms with E-state index in [4.69, 9.17) is 4.74 Å². The van der Waals surface area contributed by atoms with Gasteiger partial charge in [-0.2, -0.15) is 0 Å². The van der Waals surface area contributed by atoms with Gasteiger partial charge < -0.3 is 4.74 Å². The third-order valence-corrected chi connectivity index (χ3v) is 4.25. The summed E-state index contributed by atoms with van der Waals surface area (Å²) >= 11 is 3.40. The Morgan fingerprint density at radius 2 is 2.05 bits per heavy atom. The average Bonchev–Trinajstić information content (AvgIpc) is 2.44. The lowest BCUT2D eigenvalue weighted by molar-refractivity contribution is 0.0630. The number of halogens is 1. The molecule has 1 saturated heterocycles. The molecule has 0 unspecified atom stereocenters. The van der Waals surface area contributed by atoms with Gasteiger partial charge in [0.1, 0.15) is 0 Å². The third-order valence-electron chi connectivity index (χ3n) is 3.75. The van der Waals surface area contributed by atoms with Crippen LogP contribution in [0.15, 0.2) is 28.7 Å². The lowest BCUT2D eigenvalue weighted by atomic mass is 9.93. The van der Waals surface area contributed by atoms with Gasteiger partial charge in [-0.3, -0.25) is 4.79 Å². The lowest BCUT2D eigenvalue weighted by Gasteiger charge is -2.21. The van der Waals surface area contributed by atoms with Crippen LogP contribution < -0.4 is 0 Å². The highest BCUT2D eigenvalue weighted by molar-refractivity contribution is 9.10.